The zero-order chi connectivity index (χ0) is 17.7. The Hall–Kier alpha value is -2.68. The number of carboxylic acid groups (broad SMARTS) is 1. The molecule has 24 heavy (non-hydrogen) atoms. The average molecular weight is 337 g/mol. The molecule has 2 N–H and O–H groups in total. The lowest BCUT2D eigenvalue weighted by Gasteiger charge is -2.29. The number of benzene rings is 1. The summed E-state index contributed by atoms with van der Waals surface area (Å²) in [5.41, 5.74) is 0.241. The molecule has 0 radical (unpaired) electrons. The van der Waals surface area contributed by atoms with Gasteiger partial charge < -0.3 is 20.1 Å². The highest BCUT2D eigenvalue weighted by Crippen LogP contribution is 2.32. The van der Waals surface area contributed by atoms with Gasteiger partial charge in [-0.15, -0.1) is 0 Å². The van der Waals surface area contributed by atoms with Crippen LogP contribution in [0.25, 0.3) is 0 Å². The van der Waals surface area contributed by atoms with Crippen LogP contribution in [0.1, 0.15) is 17.3 Å². The number of carbonyl (C=O) groups excluding carboxylic acids is 1. The van der Waals surface area contributed by atoms with Crippen molar-refractivity contribution in [3.63, 3.8) is 0 Å². The van der Waals surface area contributed by atoms with E-state index in [1.54, 1.807) is 4.90 Å². The highest BCUT2D eigenvalue weighted by molar-refractivity contribution is 6.02. The molecule has 0 aromatic heterocycles. The number of rotatable bonds is 6. The fourth-order valence-electron chi connectivity index (χ4n) is 2.41. The standard InChI is InChI=1S/C15H19N3O6/c1-10(15(20)21)9-16-14(19)11-3-2-4-12(18(22)23)13(11)17-5-7-24-8-6-17/h2-4,10H,5-9H2,1H3,(H,16,19)(H,20,21). The van der Waals surface area contributed by atoms with Crippen molar-refractivity contribution in [2.24, 2.45) is 5.92 Å². The average Bonchev–Trinajstić information content (AvgIpc) is 2.59. The lowest BCUT2D eigenvalue weighted by molar-refractivity contribution is -0.384. The summed E-state index contributed by atoms with van der Waals surface area (Å²) in [4.78, 5) is 35.8. The van der Waals surface area contributed by atoms with E-state index in [1.807, 2.05) is 0 Å². The van der Waals surface area contributed by atoms with Crippen molar-refractivity contribution >= 4 is 23.3 Å². The SMILES string of the molecule is CC(CNC(=O)c1cccc([N+](=O)[O-])c1N1CCOCC1)C(=O)O. The van der Waals surface area contributed by atoms with Crippen LogP contribution in [-0.4, -0.2) is 54.8 Å². The third-order valence-corrected chi connectivity index (χ3v) is 3.77. The Morgan fingerprint density at radius 2 is 2.08 bits per heavy atom. The van der Waals surface area contributed by atoms with Crippen LogP contribution in [0.4, 0.5) is 11.4 Å². The van der Waals surface area contributed by atoms with Gasteiger partial charge in [-0.25, -0.2) is 0 Å². The van der Waals surface area contributed by atoms with E-state index in [-0.39, 0.29) is 23.5 Å². The second kappa shape index (κ2) is 7.73. The van der Waals surface area contributed by atoms with Crippen LogP contribution in [0.2, 0.25) is 0 Å². The summed E-state index contributed by atoms with van der Waals surface area (Å²) >= 11 is 0. The Labute approximate surface area is 138 Å². The van der Waals surface area contributed by atoms with E-state index in [1.165, 1.54) is 25.1 Å². The first-order chi connectivity index (χ1) is 11.4. The van der Waals surface area contributed by atoms with E-state index >= 15 is 0 Å². The molecule has 1 aromatic carbocycles. The molecule has 9 heteroatoms. The zero-order valence-corrected chi connectivity index (χ0v) is 13.2. The van der Waals surface area contributed by atoms with Crippen molar-refractivity contribution in [2.75, 3.05) is 37.7 Å². The van der Waals surface area contributed by atoms with Crippen LogP contribution < -0.4 is 10.2 Å². The molecular formula is C15H19N3O6. The molecule has 2 rings (SSSR count). The predicted molar refractivity (Wildman–Crippen MR) is 85.3 cm³/mol. The smallest absolute Gasteiger partial charge is 0.308 e. The molecule has 0 saturated carbocycles. The van der Waals surface area contributed by atoms with Crippen molar-refractivity contribution in [3.8, 4) is 0 Å². The number of carboxylic acids is 1. The van der Waals surface area contributed by atoms with Gasteiger partial charge >= 0.3 is 5.97 Å². The van der Waals surface area contributed by atoms with Gasteiger partial charge in [0.15, 0.2) is 0 Å². The van der Waals surface area contributed by atoms with Crippen LogP contribution in [0.5, 0.6) is 0 Å². The van der Waals surface area contributed by atoms with Crippen LogP contribution in [0.3, 0.4) is 0 Å². The quantitative estimate of drug-likeness (QED) is 0.583. The maximum atomic E-state index is 12.4. The summed E-state index contributed by atoms with van der Waals surface area (Å²) in [6.45, 7) is 3.14. The summed E-state index contributed by atoms with van der Waals surface area (Å²) in [6.07, 6.45) is 0. The van der Waals surface area contributed by atoms with Gasteiger partial charge in [-0.05, 0) is 6.07 Å². The maximum absolute atomic E-state index is 12.4. The monoisotopic (exact) mass is 337 g/mol. The fraction of sp³-hybridized carbons (Fsp3) is 0.467. The molecule has 1 unspecified atom stereocenters. The first kappa shape index (κ1) is 17.7. The van der Waals surface area contributed by atoms with Crippen molar-refractivity contribution in [2.45, 2.75) is 6.92 Å². The first-order valence-corrected chi connectivity index (χ1v) is 7.53. The van der Waals surface area contributed by atoms with E-state index in [9.17, 15) is 19.7 Å². The maximum Gasteiger partial charge on any atom is 0.308 e. The molecule has 1 saturated heterocycles. The van der Waals surface area contributed by atoms with Crippen molar-refractivity contribution in [3.05, 3.63) is 33.9 Å². The first-order valence-electron chi connectivity index (χ1n) is 7.53. The number of nitrogens with one attached hydrogen (secondary N) is 1. The number of nitrogens with zero attached hydrogens (tertiary/aromatic N) is 2. The molecule has 1 aliphatic rings. The number of anilines is 1. The van der Waals surface area contributed by atoms with E-state index in [0.717, 1.165) is 0 Å². The number of para-hydroxylation sites is 1. The molecule has 1 heterocycles. The number of hydrogen-bond donors (Lipinski definition) is 2. The Morgan fingerprint density at radius 1 is 1.42 bits per heavy atom. The number of ether oxygens (including phenoxy) is 1. The number of hydrogen-bond acceptors (Lipinski definition) is 6. The second-order valence-corrected chi connectivity index (χ2v) is 5.48. The van der Waals surface area contributed by atoms with Crippen molar-refractivity contribution in [1.29, 1.82) is 0 Å². The normalized spacial score (nSPS) is 15.6. The number of amides is 1. The van der Waals surface area contributed by atoms with E-state index in [0.29, 0.717) is 26.3 Å². The number of nitro benzene ring substituents is 1. The van der Waals surface area contributed by atoms with Crippen LogP contribution in [0.15, 0.2) is 18.2 Å². The predicted octanol–water partition coefficient (Wildman–Crippen LogP) is 0.882. The third kappa shape index (κ3) is 3.99. The molecule has 1 fully saturated rings. The Morgan fingerprint density at radius 3 is 2.67 bits per heavy atom. The third-order valence-electron chi connectivity index (χ3n) is 3.77. The summed E-state index contributed by atoms with van der Waals surface area (Å²) in [7, 11) is 0. The molecule has 1 aliphatic heterocycles. The van der Waals surface area contributed by atoms with Crippen molar-refractivity contribution in [1.82, 2.24) is 5.32 Å². The minimum absolute atomic E-state index is 0.0561. The minimum Gasteiger partial charge on any atom is -0.481 e. The molecule has 0 bridgehead atoms. The number of aliphatic carboxylic acids is 1. The summed E-state index contributed by atoms with van der Waals surface area (Å²) < 4.78 is 5.25. The highest BCUT2D eigenvalue weighted by atomic mass is 16.6. The number of nitro groups is 1. The molecular weight excluding hydrogens is 318 g/mol. The van der Waals surface area contributed by atoms with E-state index in [4.69, 9.17) is 9.84 Å². The summed E-state index contributed by atoms with van der Waals surface area (Å²) in [6, 6.07) is 4.29. The number of carbonyl (C=O) groups is 2. The van der Waals surface area contributed by atoms with Gasteiger partial charge in [0.05, 0.1) is 29.6 Å². The summed E-state index contributed by atoms with van der Waals surface area (Å²) in [5.74, 6) is -2.31. The van der Waals surface area contributed by atoms with Gasteiger partial charge in [-0.2, -0.15) is 0 Å². The van der Waals surface area contributed by atoms with Gasteiger partial charge in [-0.1, -0.05) is 13.0 Å². The Kier molecular flexibility index (Phi) is 5.69. The fourth-order valence-corrected chi connectivity index (χ4v) is 2.41. The largest absolute Gasteiger partial charge is 0.481 e. The summed E-state index contributed by atoms with van der Waals surface area (Å²) in [5, 5.41) is 22.7. The van der Waals surface area contributed by atoms with Crippen molar-refractivity contribution < 1.29 is 24.4 Å². The molecule has 0 aliphatic carbocycles. The molecule has 1 atom stereocenters. The highest BCUT2D eigenvalue weighted by Gasteiger charge is 2.27. The number of morpholine rings is 1. The van der Waals surface area contributed by atoms with Crippen LogP contribution in [-0.2, 0) is 9.53 Å². The molecule has 0 spiro atoms. The Bertz CT molecular complexity index is 642. The topological polar surface area (TPSA) is 122 Å². The van der Waals surface area contributed by atoms with E-state index < -0.39 is 22.7 Å². The lowest BCUT2D eigenvalue weighted by Crippen LogP contribution is -2.39. The van der Waals surface area contributed by atoms with E-state index in [2.05, 4.69) is 5.32 Å². The lowest BCUT2D eigenvalue weighted by atomic mass is 10.1. The molecule has 1 aromatic rings. The minimum atomic E-state index is -1.03. The zero-order valence-electron chi connectivity index (χ0n) is 13.2. The molecule has 130 valence electrons. The van der Waals surface area contributed by atoms with Gasteiger partial charge in [0.25, 0.3) is 11.6 Å². The van der Waals surface area contributed by atoms with Crippen LogP contribution >= 0.6 is 0 Å². The van der Waals surface area contributed by atoms with Gasteiger partial charge in [0.2, 0.25) is 0 Å². The second-order valence-electron chi connectivity index (χ2n) is 5.48. The molecule has 9 nitrogen and oxygen atoms in total. The Balaban J connectivity index is 2.30. The van der Waals surface area contributed by atoms with Gasteiger partial charge in [0, 0.05) is 25.7 Å². The van der Waals surface area contributed by atoms with Crippen LogP contribution in [0, 0.1) is 16.0 Å². The van der Waals surface area contributed by atoms with Gasteiger partial charge in [-0.3, -0.25) is 19.7 Å². The van der Waals surface area contributed by atoms with Gasteiger partial charge in [0.1, 0.15) is 5.69 Å². The molecule has 1 amide bonds.